The number of allylic oxidation sites excluding steroid dienone is 2. The van der Waals surface area contributed by atoms with E-state index in [1.165, 1.54) is 6.08 Å². The van der Waals surface area contributed by atoms with Gasteiger partial charge in [-0.15, -0.1) is 0 Å². The second kappa shape index (κ2) is 7.45. The molecule has 3 heteroatoms. The normalized spacial score (nSPS) is 13.3. The Hall–Kier alpha value is -1.87. The summed E-state index contributed by atoms with van der Waals surface area (Å²) in [6.07, 6.45) is 5.70. The van der Waals surface area contributed by atoms with Gasteiger partial charge in [0.15, 0.2) is 0 Å². The smallest absolute Gasteiger partial charge is 0.244 e. The average molecular weight is 245 g/mol. The zero-order valence-electron chi connectivity index (χ0n) is 10.7. The lowest BCUT2D eigenvalue weighted by Crippen LogP contribution is -2.28. The van der Waals surface area contributed by atoms with Crippen LogP contribution in [0.2, 0.25) is 0 Å². The molecule has 0 aliphatic heterocycles. The number of rotatable bonds is 5. The van der Waals surface area contributed by atoms with E-state index in [1.54, 1.807) is 18.2 Å². The summed E-state index contributed by atoms with van der Waals surface area (Å²) in [5.41, 5.74) is 0.828. The van der Waals surface area contributed by atoms with Crippen LogP contribution in [0.4, 0.5) is 0 Å². The summed E-state index contributed by atoms with van der Waals surface area (Å²) in [6.45, 7) is 3.81. The van der Waals surface area contributed by atoms with Crippen molar-refractivity contribution >= 4 is 5.91 Å². The predicted molar refractivity (Wildman–Crippen MR) is 73.0 cm³/mol. The van der Waals surface area contributed by atoms with E-state index in [0.29, 0.717) is 0 Å². The van der Waals surface area contributed by atoms with E-state index in [9.17, 15) is 9.90 Å². The van der Waals surface area contributed by atoms with Gasteiger partial charge in [-0.1, -0.05) is 48.6 Å². The molecule has 18 heavy (non-hydrogen) atoms. The van der Waals surface area contributed by atoms with Gasteiger partial charge < -0.3 is 10.4 Å². The van der Waals surface area contributed by atoms with Crippen molar-refractivity contribution in [2.45, 2.75) is 26.0 Å². The van der Waals surface area contributed by atoms with Gasteiger partial charge in [-0.05, 0) is 19.4 Å². The van der Waals surface area contributed by atoms with Gasteiger partial charge >= 0.3 is 0 Å². The SMILES string of the molecule is CC(C)NC(=O)/C=C/C=C/C(O)c1ccccc1. The van der Waals surface area contributed by atoms with E-state index in [0.717, 1.165) is 5.56 Å². The zero-order chi connectivity index (χ0) is 13.4. The fraction of sp³-hybridized carbons (Fsp3) is 0.267. The Morgan fingerprint density at radius 1 is 1.22 bits per heavy atom. The van der Waals surface area contributed by atoms with Crippen LogP contribution in [0.5, 0.6) is 0 Å². The summed E-state index contributed by atoms with van der Waals surface area (Å²) in [5.74, 6) is -0.135. The van der Waals surface area contributed by atoms with E-state index in [4.69, 9.17) is 0 Å². The van der Waals surface area contributed by atoms with Crippen molar-refractivity contribution in [3.05, 3.63) is 60.2 Å². The van der Waals surface area contributed by atoms with Crippen molar-refractivity contribution in [3.63, 3.8) is 0 Å². The molecule has 1 unspecified atom stereocenters. The number of benzene rings is 1. The van der Waals surface area contributed by atoms with Crippen molar-refractivity contribution in [2.75, 3.05) is 0 Å². The van der Waals surface area contributed by atoms with E-state index in [1.807, 2.05) is 44.2 Å². The van der Waals surface area contributed by atoms with Crippen LogP contribution < -0.4 is 5.32 Å². The molecule has 0 fully saturated rings. The number of aliphatic hydroxyl groups excluding tert-OH is 1. The summed E-state index contributed by atoms with van der Waals surface area (Å²) >= 11 is 0. The number of hydrogen-bond acceptors (Lipinski definition) is 2. The van der Waals surface area contributed by atoms with Crippen LogP contribution in [0.3, 0.4) is 0 Å². The molecule has 0 radical (unpaired) electrons. The summed E-state index contributed by atoms with van der Waals surface area (Å²) in [5, 5.41) is 12.6. The number of carbonyl (C=O) groups is 1. The quantitative estimate of drug-likeness (QED) is 0.618. The molecule has 1 amide bonds. The van der Waals surface area contributed by atoms with Gasteiger partial charge in [-0.25, -0.2) is 0 Å². The molecule has 0 aliphatic rings. The summed E-state index contributed by atoms with van der Waals surface area (Å²) in [6, 6.07) is 9.47. The van der Waals surface area contributed by atoms with Crippen molar-refractivity contribution in [1.29, 1.82) is 0 Å². The Morgan fingerprint density at radius 3 is 2.50 bits per heavy atom. The molecule has 1 rings (SSSR count). The van der Waals surface area contributed by atoms with Gasteiger partial charge in [-0.2, -0.15) is 0 Å². The fourth-order valence-corrected chi connectivity index (χ4v) is 1.41. The number of nitrogens with one attached hydrogen (secondary N) is 1. The lowest BCUT2D eigenvalue weighted by Gasteiger charge is -2.04. The van der Waals surface area contributed by atoms with Crippen LogP contribution in [0, 0.1) is 0 Å². The van der Waals surface area contributed by atoms with Gasteiger partial charge in [-0.3, -0.25) is 4.79 Å². The zero-order valence-corrected chi connectivity index (χ0v) is 10.7. The molecule has 0 bridgehead atoms. The van der Waals surface area contributed by atoms with Gasteiger partial charge in [0, 0.05) is 12.1 Å². The maximum absolute atomic E-state index is 11.3. The van der Waals surface area contributed by atoms with Gasteiger partial charge in [0.05, 0.1) is 6.10 Å². The molecule has 96 valence electrons. The third-order valence-corrected chi connectivity index (χ3v) is 2.22. The minimum atomic E-state index is -0.649. The molecule has 2 N–H and O–H groups in total. The molecule has 0 aromatic heterocycles. The van der Waals surface area contributed by atoms with Crippen LogP contribution in [0.1, 0.15) is 25.5 Å². The second-order valence-corrected chi connectivity index (χ2v) is 4.26. The molecule has 0 heterocycles. The Labute approximate surface area is 108 Å². The van der Waals surface area contributed by atoms with Crippen LogP contribution in [0.25, 0.3) is 0 Å². The highest BCUT2D eigenvalue weighted by molar-refractivity contribution is 5.87. The summed E-state index contributed by atoms with van der Waals surface area (Å²) in [7, 11) is 0. The second-order valence-electron chi connectivity index (χ2n) is 4.26. The monoisotopic (exact) mass is 245 g/mol. The molecule has 0 saturated heterocycles. The first-order valence-corrected chi connectivity index (χ1v) is 5.98. The first-order chi connectivity index (χ1) is 8.59. The Balaban J connectivity index is 2.46. The Bertz CT molecular complexity index is 421. The van der Waals surface area contributed by atoms with Gasteiger partial charge in [0.1, 0.15) is 0 Å². The van der Waals surface area contributed by atoms with E-state index in [2.05, 4.69) is 5.32 Å². The first-order valence-electron chi connectivity index (χ1n) is 5.98. The highest BCUT2D eigenvalue weighted by Gasteiger charge is 2.00. The largest absolute Gasteiger partial charge is 0.384 e. The van der Waals surface area contributed by atoms with Crippen LogP contribution in [0.15, 0.2) is 54.6 Å². The molecule has 1 aromatic carbocycles. The van der Waals surface area contributed by atoms with Crippen molar-refractivity contribution in [1.82, 2.24) is 5.32 Å². The Morgan fingerprint density at radius 2 is 1.89 bits per heavy atom. The van der Waals surface area contributed by atoms with Gasteiger partial charge in [0.2, 0.25) is 5.91 Å². The highest BCUT2D eigenvalue weighted by atomic mass is 16.3. The fourth-order valence-electron chi connectivity index (χ4n) is 1.41. The summed E-state index contributed by atoms with van der Waals surface area (Å²) < 4.78 is 0. The molecule has 0 saturated carbocycles. The Kier molecular flexibility index (Phi) is 5.88. The lowest BCUT2D eigenvalue weighted by atomic mass is 10.1. The third-order valence-electron chi connectivity index (χ3n) is 2.22. The van der Waals surface area contributed by atoms with E-state index >= 15 is 0 Å². The topological polar surface area (TPSA) is 49.3 Å². The van der Waals surface area contributed by atoms with Gasteiger partial charge in [0.25, 0.3) is 0 Å². The molecule has 0 aliphatic carbocycles. The number of amides is 1. The molecular formula is C15H19NO2. The van der Waals surface area contributed by atoms with Crippen molar-refractivity contribution in [3.8, 4) is 0 Å². The molecule has 1 aromatic rings. The van der Waals surface area contributed by atoms with Crippen LogP contribution in [-0.2, 0) is 4.79 Å². The van der Waals surface area contributed by atoms with E-state index in [-0.39, 0.29) is 11.9 Å². The van der Waals surface area contributed by atoms with Crippen molar-refractivity contribution < 1.29 is 9.90 Å². The molecule has 0 spiro atoms. The maximum atomic E-state index is 11.3. The first kappa shape index (κ1) is 14.2. The number of aliphatic hydroxyl groups is 1. The van der Waals surface area contributed by atoms with E-state index < -0.39 is 6.10 Å². The number of carbonyl (C=O) groups excluding carboxylic acids is 1. The van der Waals surface area contributed by atoms with Crippen LogP contribution >= 0.6 is 0 Å². The van der Waals surface area contributed by atoms with Crippen molar-refractivity contribution in [2.24, 2.45) is 0 Å². The molecular weight excluding hydrogens is 226 g/mol. The predicted octanol–water partition coefficient (Wildman–Crippen LogP) is 2.36. The summed E-state index contributed by atoms with van der Waals surface area (Å²) in [4.78, 5) is 11.3. The third kappa shape index (κ3) is 5.46. The highest BCUT2D eigenvalue weighted by Crippen LogP contribution is 2.12. The lowest BCUT2D eigenvalue weighted by molar-refractivity contribution is -0.116. The molecule has 3 nitrogen and oxygen atoms in total. The minimum absolute atomic E-state index is 0.126. The van der Waals surface area contributed by atoms with Crippen LogP contribution in [-0.4, -0.2) is 17.1 Å². The minimum Gasteiger partial charge on any atom is -0.384 e. The standard InChI is InChI=1S/C15H19NO2/c1-12(2)16-15(18)11-7-6-10-14(17)13-8-4-3-5-9-13/h3-12,14,17H,1-2H3,(H,16,18)/b10-6+,11-7+. The maximum Gasteiger partial charge on any atom is 0.244 e. The average Bonchev–Trinajstić information content (AvgIpc) is 2.34. The molecule has 1 atom stereocenters. The number of hydrogen-bond donors (Lipinski definition) is 2.